The van der Waals surface area contributed by atoms with Crippen molar-refractivity contribution in [2.75, 3.05) is 11.9 Å². The number of nitrogens with two attached hydrogens (primary N) is 1. The Labute approximate surface area is 112 Å². The van der Waals surface area contributed by atoms with E-state index in [1.165, 1.54) is 12.1 Å². The van der Waals surface area contributed by atoms with E-state index in [1.54, 1.807) is 12.1 Å². The number of hydrogen-bond acceptors (Lipinski definition) is 2. The molecule has 0 saturated heterocycles. The van der Waals surface area contributed by atoms with Crippen LogP contribution in [0, 0.1) is 11.7 Å². The quantitative estimate of drug-likeness (QED) is 0.786. The fraction of sp³-hybridized carbons (Fsp3) is 0.500. The Morgan fingerprint density at radius 1 is 1.37 bits per heavy atom. The molecule has 0 aromatic heterocycles. The molecule has 1 aromatic rings. The number of carbonyl (C=O) groups excluding carboxylic acids is 1. The minimum atomic E-state index is -0.433. The minimum Gasteiger partial charge on any atom is -0.338 e. The molecule has 2 atom stereocenters. The largest absolute Gasteiger partial charge is 0.338 e. The fourth-order valence-corrected chi connectivity index (χ4v) is 2.48. The van der Waals surface area contributed by atoms with E-state index in [4.69, 9.17) is 5.73 Å². The highest BCUT2D eigenvalue weighted by atomic mass is 19.1. The first-order valence-corrected chi connectivity index (χ1v) is 6.70. The van der Waals surface area contributed by atoms with Gasteiger partial charge in [-0.3, -0.25) is 0 Å². The van der Waals surface area contributed by atoms with Gasteiger partial charge < -0.3 is 16.4 Å². The Hall–Kier alpha value is -1.62. The summed E-state index contributed by atoms with van der Waals surface area (Å²) in [4.78, 5) is 11.7. The molecule has 0 spiro atoms. The van der Waals surface area contributed by atoms with Gasteiger partial charge in [-0.15, -0.1) is 0 Å². The Morgan fingerprint density at radius 3 is 2.89 bits per heavy atom. The molecular formula is C14H20FN3O. The average Bonchev–Trinajstić information content (AvgIpc) is 2.39. The van der Waals surface area contributed by atoms with Crippen LogP contribution in [0.3, 0.4) is 0 Å². The smallest absolute Gasteiger partial charge is 0.319 e. The van der Waals surface area contributed by atoms with Crippen LogP contribution in [0.15, 0.2) is 24.3 Å². The van der Waals surface area contributed by atoms with E-state index in [9.17, 15) is 9.18 Å². The van der Waals surface area contributed by atoms with Gasteiger partial charge in [0.15, 0.2) is 0 Å². The molecular weight excluding hydrogens is 245 g/mol. The van der Waals surface area contributed by atoms with Crippen molar-refractivity contribution in [3.8, 4) is 0 Å². The first-order valence-electron chi connectivity index (χ1n) is 6.70. The first kappa shape index (κ1) is 13.8. The van der Waals surface area contributed by atoms with Crippen molar-refractivity contribution < 1.29 is 9.18 Å². The second kappa shape index (κ2) is 6.52. The highest BCUT2D eigenvalue weighted by Crippen LogP contribution is 2.22. The maximum Gasteiger partial charge on any atom is 0.319 e. The summed E-state index contributed by atoms with van der Waals surface area (Å²) in [5, 5.41) is 5.28. The molecule has 2 amide bonds. The van der Waals surface area contributed by atoms with Crippen LogP contribution in [0.5, 0.6) is 0 Å². The average molecular weight is 265 g/mol. The second-order valence-corrected chi connectivity index (χ2v) is 5.11. The van der Waals surface area contributed by atoms with Crippen molar-refractivity contribution in [3.05, 3.63) is 30.1 Å². The van der Waals surface area contributed by atoms with Crippen LogP contribution in [-0.2, 0) is 0 Å². The third kappa shape index (κ3) is 4.21. The Morgan fingerprint density at radius 2 is 2.16 bits per heavy atom. The number of nitrogens with one attached hydrogen (secondary N) is 2. The van der Waals surface area contributed by atoms with Crippen LogP contribution in [0.4, 0.5) is 14.9 Å². The number of anilines is 1. The normalized spacial score (nSPS) is 22.8. The summed E-state index contributed by atoms with van der Waals surface area (Å²) in [5.74, 6) is -0.00698. The number of hydrogen-bond donors (Lipinski definition) is 3. The second-order valence-electron chi connectivity index (χ2n) is 5.11. The highest BCUT2D eigenvalue weighted by molar-refractivity contribution is 5.89. The number of halogens is 1. The Kier molecular flexibility index (Phi) is 4.74. The van der Waals surface area contributed by atoms with Gasteiger partial charge in [-0.05, 0) is 37.3 Å². The molecule has 19 heavy (non-hydrogen) atoms. The number of para-hydroxylation sites is 1. The van der Waals surface area contributed by atoms with E-state index >= 15 is 0 Å². The van der Waals surface area contributed by atoms with Gasteiger partial charge in [0.05, 0.1) is 5.69 Å². The van der Waals surface area contributed by atoms with Crippen LogP contribution in [0.1, 0.15) is 25.7 Å². The third-order valence-corrected chi connectivity index (χ3v) is 3.50. The number of benzene rings is 1. The van der Waals surface area contributed by atoms with Gasteiger partial charge in [0.25, 0.3) is 0 Å². The van der Waals surface area contributed by atoms with Crippen molar-refractivity contribution in [1.29, 1.82) is 0 Å². The molecule has 2 unspecified atom stereocenters. The molecule has 4 N–H and O–H groups in total. The van der Waals surface area contributed by atoms with Gasteiger partial charge in [-0.1, -0.05) is 18.6 Å². The van der Waals surface area contributed by atoms with Gasteiger partial charge in [0.1, 0.15) is 5.82 Å². The minimum absolute atomic E-state index is 0.195. The molecule has 104 valence electrons. The fourth-order valence-electron chi connectivity index (χ4n) is 2.48. The molecule has 1 aliphatic carbocycles. The lowest BCUT2D eigenvalue weighted by atomic mass is 9.86. The molecule has 0 heterocycles. The molecule has 1 aromatic carbocycles. The van der Waals surface area contributed by atoms with E-state index in [1.807, 2.05) is 0 Å². The summed E-state index contributed by atoms with van der Waals surface area (Å²) in [7, 11) is 0. The van der Waals surface area contributed by atoms with E-state index in [-0.39, 0.29) is 17.8 Å². The monoisotopic (exact) mass is 265 g/mol. The maximum absolute atomic E-state index is 13.3. The highest BCUT2D eigenvalue weighted by Gasteiger charge is 2.19. The summed E-state index contributed by atoms with van der Waals surface area (Å²) in [6.45, 7) is 0.591. The van der Waals surface area contributed by atoms with Crippen LogP contribution >= 0.6 is 0 Å². The van der Waals surface area contributed by atoms with Crippen LogP contribution in [-0.4, -0.2) is 18.6 Å². The van der Waals surface area contributed by atoms with Gasteiger partial charge in [-0.2, -0.15) is 0 Å². The number of urea groups is 1. The van der Waals surface area contributed by atoms with E-state index in [0.717, 1.165) is 25.7 Å². The Bertz CT molecular complexity index is 438. The predicted octanol–water partition coefficient (Wildman–Crippen LogP) is 2.46. The van der Waals surface area contributed by atoms with Crippen molar-refractivity contribution in [1.82, 2.24) is 5.32 Å². The number of rotatable bonds is 3. The zero-order chi connectivity index (χ0) is 13.7. The molecule has 1 aliphatic rings. The summed E-state index contributed by atoms with van der Waals surface area (Å²) in [5.41, 5.74) is 6.09. The summed E-state index contributed by atoms with van der Waals surface area (Å²) in [6, 6.07) is 5.99. The van der Waals surface area contributed by atoms with Gasteiger partial charge >= 0.3 is 6.03 Å². The topological polar surface area (TPSA) is 67.1 Å². The Balaban J connectivity index is 1.77. The molecule has 1 fully saturated rings. The maximum atomic E-state index is 13.3. The van der Waals surface area contributed by atoms with E-state index in [2.05, 4.69) is 10.6 Å². The zero-order valence-corrected chi connectivity index (χ0v) is 10.9. The zero-order valence-electron chi connectivity index (χ0n) is 10.9. The van der Waals surface area contributed by atoms with Crippen LogP contribution < -0.4 is 16.4 Å². The molecule has 2 rings (SSSR count). The number of carbonyl (C=O) groups is 1. The van der Waals surface area contributed by atoms with Gasteiger partial charge in [-0.25, -0.2) is 9.18 Å². The first-order chi connectivity index (χ1) is 9.15. The van der Waals surface area contributed by atoms with E-state index < -0.39 is 5.82 Å². The molecule has 4 nitrogen and oxygen atoms in total. The lowest BCUT2D eigenvalue weighted by Crippen LogP contribution is -2.37. The SMILES string of the molecule is NC1CCCC(CNC(=O)Nc2ccccc2F)C1. The molecule has 5 heteroatoms. The van der Waals surface area contributed by atoms with Crippen molar-refractivity contribution in [2.24, 2.45) is 11.7 Å². The van der Waals surface area contributed by atoms with Crippen molar-refractivity contribution in [3.63, 3.8) is 0 Å². The molecule has 1 saturated carbocycles. The summed E-state index contributed by atoms with van der Waals surface area (Å²) < 4.78 is 13.3. The lowest BCUT2D eigenvalue weighted by Gasteiger charge is -2.26. The van der Waals surface area contributed by atoms with E-state index in [0.29, 0.717) is 12.5 Å². The molecule has 0 aliphatic heterocycles. The summed E-state index contributed by atoms with van der Waals surface area (Å²) >= 11 is 0. The van der Waals surface area contributed by atoms with Gasteiger partial charge in [0, 0.05) is 12.6 Å². The van der Waals surface area contributed by atoms with Gasteiger partial charge in [0.2, 0.25) is 0 Å². The lowest BCUT2D eigenvalue weighted by molar-refractivity contribution is 0.245. The van der Waals surface area contributed by atoms with Crippen molar-refractivity contribution >= 4 is 11.7 Å². The standard InChI is InChI=1S/C14H20FN3O/c15-12-6-1-2-7-13(12)18-14(19)17-9-10-4-3-5-11(16)8-10/h1-2,6-7,10-11H,3-5,8-9,16H2,(H2,17,18,19). The molecule has 0 radical (unpaired) electrons. The number of amides is 2. The summed E-state index contributed by atoms with van der Waals surface area (Å²) in [6.07, 6.45) is 4.22. The predicted molar refractivity (Wildman–Crippen MR) is 73.4 cm³/mol. The van der Waals surface area contributed by atoms with Crippen LogP contribution in [0.2, 0.25) is 0 Å². The molecule has 0 bridgehead atoms. The van der Waals surface area contributed by atoms with Crippen LogP contribution in [0.25, 0.3) is 0 Å². The third-order valence-electron chi connectivity index (χ3n) is 3.50. The van der Waals surface area contributed by atoms with Crippen molar-refractivity contribution in [2.45, 2.75) is 31.7 Å².